The molecule has 4 aromatic rings. The van der Waals surface area contributed by atoms with E-state index in [4.69, 9.17) is 9.15 Å². The van der Waals surface area contributed by atoms with Gasteiger partial charge in [-0.15, -0.1) is 0 Å². The van der Waals surface area contributed by atoms with Crippen LogP contribution in [0.15, 0.2) is 57.9 Å². The van der Waals surface area contributed by atoms with Gasteiger partial charge in [0.15, 0.2) is 5.82 Å². The van der Waals surface area contributed by atoms with Crippen molar-refractivity contribution >= 4 is 16.9 Å². The van der Waals surface area contributed by atoms with Crippen molar-refractivity contribution in [2.75, 3.05) is 0 Å². The van der Waals surface area contributed by atoms with Crippen molar-refractivity contribution < 1.29 is 13.9 Å². The predicted octanol–water partition coefficient (Wildman–Crippen LogP) is 3.91. The minimum Gasteiger partial charge on any atom is -0.457 e. The molecule has 3 aromatic heterocycles. The molecule has 0 saturated carbocycles. The highest BCUT2D eigenvalue weighted by atomic mass is 16.5. The van der Waals surface area contributed by atoms with Crippen molar-refractivity contribution in [3.63, 3.8) is 0 Å². The summed E-state index contributed by atoms with van der Waals surface area (Å²) in [4.78, 5) is 28.7. The number of pyridine rings is 1. The van der Waals surface area contributed by atoms with E-state index >= 15 is 0 Å². The maximum atomic E-state index is 12.5. The first kappa shape index (κ1) is 19.6. The second kappa shape index (κ2) is 7.94. The lowest BCUT2D eigenvalue weighted by Crippen LogP contribution is -2.09. The predicted molar refractivity (Wildman–Crippen MR) is 112 cm³/mol. The molecule has 0 radical (unpaired) electrons. The number of aryl methyl sites for hydroxylation is 3. The highest BCUT2D eigenvalue weighted by Gasteiger charge is 2.13. The molecule has 7 heteroatoms. The highest BCUT2D eigenvalue weighted by molar-refractivity contribution is 5.89. The first-order chi connectivity index (χ1) is 14.4. The number of nitrogens with zero attached hydrogens (tertiary/aromatic N) is 3. The van der Waals surface area contributed by atoms with Crippen molar-refractivity contribution in [3.8, 4) is 5.82 Å². The molecule has 30 heavy (non-hydrogen) atoms. The molecule has 0 aliphatic rings. The molecule has 4 rings (SSSR count). The standard InChI is InChI=1S/C23H21N3O4/c1-4-16-5-7-19-18(11-22(27)30-20(19)10-16)13-29-23(28)17-6-8-21(24-12-17)26-15(3)9-14(2)25-26/h5-12H,4,13H2,1-3H3. The van der Waals surface area contributed by atoms with Gasteiger partial charge >= 0.3 is 11.6 Å². The summed E-state index contributed by atoms with van der Waals surface area (Å²) >= 11 is 0. The molecule has 0 spiro atoms. The average molecular weight is 403 g/mol. The van der Waals surface area contributed by atoms with Gasteiger partial charge in [-0.3, -0.25) is 0 Å². The molecule has 3 heterocycles. The maximum Gasteiger partial charge on any atom is 0.340 e. The Labute approximate surface area is 172 Å². The van der Waals surface area contributed by atoms with Gasteiger partial charge in [0.25, 0.3) is 0 Å². The lowest BCUT2D eigenvalue weighted by Gasteiger charge is -2.09. The van der Waals surface area contributed by atoms with Crippen molar-refractivity contribution in [2.24, 2.45) is 0 Å². The Morgan fingerprint density at radius 1 is 1.13 bits per heavy atom. The maximum absolute atomic E-state index is 12.5. The van der Waals surface area contributed by atoms with Crippen LogP contribution in [0.2, 0.25) is 0 Å². The zero-order valence-corrected chi connectivity index (χ0v) is 17.0. The Hall–Kier alpha value is -3.74. The molecule has 0 amide bonds. The monoisotopic (exact) mass is 403 g/mol. The Morgan fingerprint density at radius 2 is 1.97 bits per heavy atom. The van der Waals surface area contributed by atoms with E-state index in [-0.39, 0.29) is 6.61 Å². The second-order valence-electron chi connectivity index (χ2n) is 7.09. The van der Waals surface area contributed by atoms with Crippen LogP contribution in [-0.2, 0) is 17.8 Å². The van der Waals surface area contributed by atoms with E-state index in [1.807, 2.05) is 45.0 Å². The van der Waals surface area contributed by atoms with Crippen LogP contribution in [0.25, 0.3) is 16.8 Å². The van der Waals surface area contributed by atoms with Crippen molar-refractivity contribution in [1.29, 1.82) is 0 Å². The Morgan fingerprint density at radius 3 is 2.63 bits per heavy atom. The second-order valence-corrected chi connectivity index (χ2v) is 7.09. The van der Waals surface area contributed by atoms with E-state index in [0.717, 1.165) is 28.8 Å². The van der Waals surface area contributed by atoms with Gasteiger partial charge in [0.2, 0.25) is 0 Å². The van der Waals surface area contributed by atoms with E-state index in [1.54, 1.807) is 16.8 Å². The van der Waals surface area contributed by atoms with Gasteiger partial charge in [0.05, 0.1) is 11.3 Å². The van der Waals surface area contributed by atoms with Crippen LogP contribution < -0.4 is 5.63 Å². The molecular weight excluding hydrogens is 382 g/mol. The van der Waals surface area contributed by atoms with Crippen LogP contribution in [0.3, 0.4) is 0 Å². The van der Waals surface area contributed by atoms with Crippen LogP contribution >= 0.6 is 0 Å². The van der Waals surface area contributed by atoms with Crippen molar-refractivity contribution in [3.05, 3.63) is 87.2 Å². The van der Waals surface area contributed by atoms with E-state index in [0.29, 0.717) is 22.5 Å². The molecule has 0 bridgehead atoms. The third-order valence-electron chi connectivity index (χ3n) is 4.87. The first-order valence-electron chi connectivity index (χ1n) is 9.67. The fourth-order valence-electron chi connectivity index (χ4n) is 3.33. The van der Waals surface area contributed by atoms with E-state index in [2.05, 4.69) is 10.1 Å². The summed E-state index contributed by atoms with van der Waals surface area (Å²) in [5.74, 6) is 0.101. The lowest BCUT2D eigenvalue weighted by atomic mass is 10.1. The molecule has 0 unspecified atom stereocenters. The number of aromatic nitrogens is 3. The molecular formula is C23H21N3O4. The third kappa shape index (κ3) is 3.87. The molecule has 0 atom stereocenters. The Kier molecular flexibility index (Phi) is 5.18. The van der Waals surface area contributed by atoms with Crippen molar-refractivity contribution in [2.45, 2.75) is 33.8 Å². The van der Waals surface area contributed by atoms with Crippen LogP contribution in [0.5, 0.6) is 0 Å². The quantitative estimate of drug-likeness (QED) is 0.371. The largest absolute Gasteiger partial charge is 0.457 e. The summed E-state index contributed by atoms with van der Waals surface area (Å²) in [6.07, 6.45) is 2.29. The van der Waals surface area contributed by atoms with Gasteiger partial charge in [-0.05, 0) is 50.1 Å². The zero-order valence-electron chi connectivity index (χ0n) is 17.0. The number of benzene rings is 1. The number of carbonyl (C=O) groups is 1. The Bertz CT molecular complexity index is 1290. The van der Waals surface area contributed by atoms with Gasteiger partial charge in [0, 0.05) is 28.9 Å². The number of carbonyl (C=O) groups excluding carboxylic acids is 1. The molecule has 0 saturated heterocycles. The summed E-state index contributed by atoms with van der Waals surface area (Å²) in [6, 6.07) is 12.4. The summed E-state index contributed by atoms with van der Waals surface area (Å²) in [5, 5.41) is 5.13. The number of ether oxygens (including phenoxy) is 1. The SMILES string of the molecule is CCc1ccc2c(COC(=O)c3ccc(-n4nc(C)cc4C)nc3)cc(=O)oc2c1. The van der Waals surface area contributed by atoms with Crippen LogP contribution in [-0.4, -0.2) is 20.7 Å². The highest BCUT2D eigenvalue weighted by Crippen LogP contribution is 2.20. The molecule has 7 nitrogen and oxygen atoms in total. The molecule has 152 valence electrons. The van der Waals surface area contributed by atoms with Gasteiger partial charge in [0.1, 0.15) is 12.2 Å². The number of esters is 1. The zero-order chi connectivity index (χ0) is 21.3. The number of hydrogen-bond donors (Lipinski definition) is 0. The number of fused-ring (bicyclic) bond motifs is 1. The van der Waals surface area contributed by atoms with E-state index < -0.39 is 11.6 Å². The van der Waals surface area contributed by atoms with E-state index in [1.165, 1.54) is 12.3 Å². The number of hydrogen-bond acceptors (Lipinski definition) is 6. The molecule has 0 fully saturated rings. The minimum absolute atomic E-state index is 0.0361. The molecule has 1 aromatic carbocycles. The van der Waals surface area contributed by atoms with Gasteiger partial charge in [-0.1, -0.05) is 19.1 Å². The minimum atomic E-state index is -0.519. The fourth-order valence-corrected chi connectivity index (χ4v) is 3.33. The first-order valence-corrected chi connectivity index (χ1v) is 9.67. The molecule has 0 aliphatic carbocycles. The van der Waals surface area contributed by atoms with Gasteiger partial charge in [-0.2, -0.15) is 5.10 Å². The fraction of sp³-hybridized carbons (Fsp3) is 0.217. The summed E-state index contributed by atoms with van der Waals surface area (Å²) in [7, 11) is 0. The lowest BCUT2D eigenvalue weighted by molar-refractivity contribution is 0.0473. The van der Waals surface area contributed by atoms with Crippen LogP contribution in [0, 0.1) is 13.8 Å². The smallest absolute Gasteiger partial charge is 0.340 e. The topological polar surface area (TPSA) is 87.2 Å². The average Bonchev–Trinajstić information content (AvgIpc) is 3.09. The molecule has 0 N–H and O–H groups in total. The van der Waals surface area contributed by atoms with Crippen molar-refractivity contribution in [1.82, 2.24) is 14.8 Å². The Balaban J connectivity index is 1.52. The van der Waals surface area contributed by atoms with E-state index in [9.17, 15) is 9.59 Å². The van der Waals surface area contributed by atoms with Crippen LogP contribution in [0.1, 0.15) is 39.8 Å². The van der Waals surface area contributed by atoms with Gasteiger partial charge < -0.3 is 9.15 Å². The van der Waals surface area contributed by atoms with Gasteiger partial charge in [-0.25, -0.2) is 19.3 Å². The van der Waals surface area contributed by atoms with Crippen LogP contribution in [0.4, 0.5) is 0 Å². The summed E-state index contributed by atoms with van der Waals surface area (Å²) in [6.45, 7) is 5.84. The molecule has 0 aliphatic heterocycles. The number of rotatable bonds is 5. The summed E-state index contributed by atoms with van der Waals surface area (Å²) in [5.41, 5.74) is 3.85. The summed E-state index contributed by atoms with van der Waals surface area (Å²) < 4.78 is 12.4. The third-order valence-corrected chi connectivity index (χ3v) is 4.87. The normalized spacial score (nSPS) is 11.0.